The van der Waals surface area contributed by atoms with Gasteiger partial charge in [-0.1, -0.05) is 6.92 Å². The standard InChI is InChI=1S/C14H21NO4S/c1-4-7-20(16,17)15-12-6-5-10-8-13(18-2)14(19-3)9-11(10)12/h8-9,12,15H,4-7H2,1-3H3. The largest absolute Gasteiger partial charge is 0.493 e. The van der Waals surface area contributed by atoms with E-state index in [9.17, 15) is 8.42 Å². The zero-order valence-corrected chi connectivity index (χ0v) is 12.9. The number of nitrogens with one attached hydrogen (secondary N) is 1. The van der Waals surface area contributed by atoms with Crippen molar-refractivity contribution in [2.45, 2.75) is 32.2 Å². The Balaban J connectivity index is 2.28. The molecule has 6 heteroatoms. The predicted molar refractivity (Wildman–Crippen MR) is 77.8 cm³/mol. The number of aryl methyl sites for hydroxylation is 1. The average Bonchev–Trinajstić information content (AvgIpc) is 2.78. The van der Waals surface area contributed by atoms with Crippen LogP contribution in [0.25, 0.3) is 0 Å². The van der Waals surface area contributed by atoms with Crippen molar-refractivity contribution in [3.05, 3.63) is 23.3 Å². The highest BCUT2D eigenvalue weighted by atomic mass is 32.2. The molecule has 1 unspecified atom stereocenters. The lowest BCUT2D eigenvalue weighted by atomic mass is 10.1. The monoisotopic (exact) mass is 299 g/mol. The minimum atomic E-state index is -3.22. The summed E-state index contributed by atoms with van der Waals surface area (Å²) in [6.45, 7) is 1.86. The third-order valence-electron chi connectivity index (χ3n) is 3.52. The first-order chi connectivity index (χ1) is 9.50. The molecule has 1 aromatic carbocycles. The number of hydrogen-bond acceptors (Lipinski definition) is 4. The molecule has 0 fully saturated rings. The fourth-order valence-corrected chi connectivity index (χ4v) is 3.93. The Hall–Kier alpha value is -1.27. The number of rotatable bonds is 6. The van der Waals surface area contributed by atoms with Crippen LogP contribution in [-0.2, 0) is 16.4 Å². The van der Waals surface area contributed by atoms with Crippen LogP contribution in [0, 0.1) is 0 Å². The lowest BCUT2D eigenvalue weighted by Gasteiger charge is -2.16. The van der Waals surface area contributed by atoms with Crippen LogP contribution in [0.2, 0.25) is 0 Å². The van der Waals surface area contributed by atoms with E-state index < -0.39 is 10.0 Å². The maximum Gasteiger partial charge on any atom is 0.212 e. The molecule has 0 amide bonds. The normalized spacial score (nSPS) is 17.9. The zero-order valence-electron chi connectivity index (χ0n) is 12.1. The maximum atomic E-state index is 11.9. The first-order valence-corrected chi connectivity index (χ1v) is 8.40. The van der Waals surface area contributed by atoms with Crippen LogP contribution in [-0.4, -0.2) is 28.4 Å². The third-order valence-corrected chi connectivity index (χ3v) is 5.11. The van der Waals surface area contributed by atoms with Crippen molar-refractivity contribution in [1.29, 1.82) is 0 Å². The first kappa shape index (κ1) is 15.1. The summed E-state index contributed by atoms with van der Waals surface area (Å²) in [5.41, 5.74) is 2.11. The van der Waals surface area contributed by atoms with Crippen molar-refractivity contribution in [2.24, 2.45) is 0 Å². The van der Waals surface area contributed by atoms with Crippen LogP contribution in [0.3, 0.4) is 0 Å². The van der Waals surface area contributed by atoms with Crippen molar-refractivity contribution in [3.8, 4) is 11.5 Å². The Morgan fingerprint density at radius 1 is 1.25 bits per heavy atom. The smallest absolute Gasteiger partial charge is 0.212 e. The van der Waals surface area contributed by atoms with Gasteiger partial charge < -0.3 is 9.47 Å². The molecule has 0 saturated heterocycles. The van der Waals surface area contributed by atoms with E-state index in [1.165, 1.54) is 0 Å². The van der Waals surface area contributed by atoms with Crippen molar-refractivity contribution in [1.82, 2.24) is 4.72 Å². The minimum absolute atomic E-state index is 0.159. The van der Waals surface area contributed by atoms with Gasteiger partial charge in [-0.25, -0.2) is 13.1 Å². The van der Waals surface area contributed by atoms with E-state index in [0.717, 1.165) is 24.0 Å². The van der Waals surface area contributed by atoms with Crippen molar-refractivity contribution in [2.75, 3.05) is 20.0 Å². The number of benzene rings is 1. The molecule has 0 aliphatic heterocycles. The van der Waals surface area contributed by atoms with Crippen LogP contribution in [0.15, 0.2) is 12.1 Å². The summed E-state index contributed by atoms with van der Waals surface area (Å²) in [5.74, 6) is 1.47. The van der Waals surface area contributed by atoms with Gasteiger partial charge in [-0.05, 0) is 42.5 Å². The van der Waals surface area contributed by atoms with Crippen LogP contribution in [0.1, 0.15) is 36.9 Å². The molecule has 2 rings (SSSR count). The fraction of sp³-hybridized carbons (Fsp3) is 0.571. The zero-order chi connectivity index (χ0) is 14.8. The molecular formula is C14H21NO4S. The van der Waals surface area contributed by atoms with Crippen molar-refractivity contribution < 1.29 is 17.9 Å². The van der Waals surface area contributed by atoms with Gasteiger partial charge in [0.05, 0.1) is 20.0 Å². The molecule has 0 spiro atoms. The Labute approximate surface area is 120 Å². The molecule has 1 aromatic rings. The molecule has 1 N–H and O–H groups in total. The second-order valence-corrected chi connectivity index (χ2v) is 6.81. The number of sulfonamides is 1. The molecule has 1 aliphatic carbocycles. The minimum Gasteiger partial charge on any atom is -0.493 e. The van der Waals surface area contributed by atoms with E-state index in [-0.39, 0.29) is 11.8 Å². The van der Waals surface area contributed by atoms with Gasteiger partial charge in [-0.3, -0.25) is 0 Å². The van der Waals surface area contributed by atoms with E-state index in [4.69, 9.17) is 9.47 Å². The molecule has 1 atom stereocenters. The maximum absolute atomic E-state index is 11.9. The second-order valence-electron chi connectivity index (χ2n) is 4.93. The molecule has 0 saturated carbocycles. The predicted octanol–water partition coefficient (Wildman–Crippen LogP) is 2.02. The highest BCUT2D eigenvalue weighted by Gasteiger charge is 2.28. The molecule has 0 radical (unpaired) electrons. The lowest BCUT2D eigenvalue weighted by molar-refractivity contribution is 0.354. The van der Waals surface area contributed by atoms with Gasteiger partial charge in [0.15, 0.2) is 11.5 Å². The summed E-state index contributed by atoms with van der Waals surface area (Å²) in [7, 11) is -0.0384. The molecule has 20 heavy (non-hydrogen) atoms. The van der Waals surface area contributed by atoms with Crippen molar-refractivity contribution in [3.63, 3.8) is 0 Å². The summed E-state index contributed by atoms with van der Waals surface area (Å²) in [4.78, 5) is 0. The van der Waals surface area contributed by atoms with Gasteiger partial charge in [0.1, 0.15) is 0 Å². The highest BCUT2D eigenvalue weighted by molar-refractivity contribution is 7.89. The molecule has 0 heterocycles. The van der Waals surface area contributed by atoms with Crippen LogP contribution in [0.4, 0.5) is 0 Å². The van der Waals surface area contributed by atoms with Gasteiger partial charge in [-0.2, -0.15) is 0 Å². The Bertz CT molecular complexity index is 583. The lowest BCUT2D eigenvalue weighted by Crippen LogP contribution is -2.29. The first-order valence-electron chi connectivity index (χ1n) is 6.75. The number of ether oxygens (including phenoxy) is 2. The summed E-state index contributed by atoms with van der Waals surface area (Å²) >= 11 is 0. The summed E-state index contributed by atoms with van der Waals surface area (Å²) in [6, 6.07) is 3.64. The van der Waals surface area contributed by atoms with E-state index >= 15 is 0 Å². The van der Waals surface area contributed by atoms with Crippen LogP contribution < -0.4 is 14.2 Å². The molecule has 0 bridgehead atoms. The number of fused-ring (bicyclic) bond motifs is 1. The second kappa shape index (κ2) is 6.01. The quantitative estimate of drug-likeness (QED) is 0.873. The van der Waals surface area contributed by atoms with Gasteiger partial charge in [0.25, 0.3) is 0 Å². The topological polar surface area (TPSA) is 64.6 Å². The number of methoxy groups -OCH3 is 2. The van der Waals surface area contributed by atoms with E-state index in [1.54, 1.807) is 14.2 Å². The molecule has 0 aromatic heterocycles. The Morgan fingerprint density at radius 2 is 1.90 bits per heavy atom. The van der Waals surface area contributed by atoms with Crippen LogP contribution >= 0.6 is 0 Å². The van der Waals surface area contributed by atoms with Crippen molar-refractivity contribution >= 4 is 10.0 Å². The van der Waals surface area contributed by atoms with Gasteiger partial charge in [0.2, 0.25) is 10.0 Å². The average molecular weight is 299 g/mol. The Kier molecular flexibility index (Phi) is 4.55. The summed E-state index contributed by atoms with van der Waals surface area (Å²) < 4.78 is 37.1. The van der Waals surface area contributed by atoms with Gasteiger partial charge >= 0.3 is 0 Å². The van der Waals surface area contributed by atoms with Gasteiger partial charge in [0, 0.05) is 6.04 Å². The highest BCUT2D eigenvalue weighted by Crippen LogP contribution is 2.39. The molecule has 1 aliphatic rings. The Morgan fingerprint density at radius 3 is 2.50 bits per heavy atom. The molecule has 5 nitrogen and oxygen atoms in total. The summed E-state index contributed by atoms with van der Waals surface area (Å²) in [6.07, 6.45) is 2.23. The van der Waals surface area contributed by atoms with Gasteiger partial charge in [-0.15, -0.1) is 0 Å². The third kappa shape index (κ3) is 3.07. The van der Waals surface area contributed by atoms with E-state index in [1.807, 2.05) is 19.1 Å². The molecular weight excluding hydrogens is 278 g/mol. The van der Waals surface area contributed by atoms with E-state index in [0.29, 0.717) is 17.9 Å². The molecule has 112 valence electrons. The van der Waals surface area contributed by atoms with Crippen LogP contribution in [0.5, 0.6) is 11.5 Å². The number of hydrogen-bond donors (Lipinski definition) is 1. The fourth-order valence-electron chi connectivity index (χ4n) is 2.60. The SMILES string of the molecule is CCCS(=O)(=O)NC1CCc2cc(OC)c(OC)cc21. The summed E-state index contributed by atoms with van der Waals surface area (Å²) in [5, 5.41) is 0. The van der Waals surface area contributed by atoms with E-state index in [2.05, 4.69) is 4.72 Å².